The predicted molar refractivity (Wildman–Crippen MR) is 80.6 cm³/mol. The molecule has 1 atom stereocenters. The van der Waals surface area contributed by atoms with Gasteiger partial charge in [0.2, 0.25) is 4.96 Å². The van der Waals surface area contributed by atoms with Crippen LogP contribution in [-0.4, -0.2) is 26.1 Å². The molecule has 0 amide bonds. The molecule has 0 spiro atoms. The monoisotopic (exact) mass is 297 g/mol. The zero-order valence-electron chi connectivity index (χ0n) is 11.5. The maximum absolute atomic E-state index is 4.75. The van der Waals surface area contributed by atoms with Gasteiger partial charge in [-0.3, -0.25) is 4.98 Å². The molecule has 1 aliphatic heterocycles. The van der Waals surface area contributed by atoms with Crippen LogP contribution in [0.25, 0.3) is 4.96 Å². The molecule has 2 aliphatic rings. The van der Waals surface area contributed by atoms with Gasteiger partial charge in [0.05, 0.1) is 16.6 Å². The molecule has 5 nitrogen and oxygen atoms in total. The van der Waals surface area contributed by atoms with E-state index in [0.29, 0.717) is 5.92 Å². The second-order valence-electron chi connectivity index (χ2n) is 5.77. The summed E-state index contributed by atoms with van der Waals surface area (Å²) in [6, 6.07) is 4.41. The smallest absolute Gasteiger partial charge is 0.212 e. The van der Waals surface area contributed by atoms with Crippen LogP contribution in [0.4, 0.5) is 0 Å². The first-order chi connectivity index (χ1) is 10.4. The lowest BCUT2D eigenvalue weighted by Gasteiger charge is -2.23. The summed E-state index contributed by atoms with van der Waals surface area (Å²) < 4.78 is 2.09. The van der Waals surface area contributed by atoms with Gasteiger partial charge in [0.15, 0.2) is 5.82 Å². The van der Waals surface area contributed by atoms with Crippen molar-refractivity contribution in [1.82, 2.24) is 24.9 Å². The van der Waals surface area contributed by atoms with Crippen LogP contribution in [0.1, 0.15) is 46.8 Å². The van der Waals surface area contributed by atoms with E-state index in [1.54, 1.807) is 11.3 Å². The summed E-state index contributed by atoms with van der Waals surface area (Å²) in [5.41, 5.74) is 2.59. The highest BCUT2D eigenvalue weighted by Gasteiger charge is 2.31. The molecular weight excluding hydrogens is 282 g/mol. The second-order valence-corrected chi connectivity index (χ2v) is 6.78. The first-order valence-electron chi connectivity index (χ1n) is 7.42. The number of hydrogen-bond acceptors (Lipinski definition) is 5. The van der Waals surface area contributed by atoms with Crippen LogP contribution >= 0.6 is 11.3 Å². The van der Waals surface area contributed by atoms with E-state index in [1.807, 2.05) is 12.4 Å². The molecular formula is C15H15N5S. The third kappa shape index (κ3) is 1.82. The molecule has 1 aliphatic carbocycles. The van der Waals surface area contributed by atoms with Gasteiger partial charge in [-0.1, -0.05) is 11.3 Å². The average molecular weight is 297 g/mol. The summed E-state index contributed by atoms with van der Waals surface area (Å²) in [7, 11) is 0. The topological polar surface area (TPSA) is 55.1 Å². The van der Waals surface area contributed by atoms with Gasteiger partial charge in [0, 0.05) is 31.3 Å². The van der Waals surface area contributed by atoms with Crippen LogP contribution in [0.15, 0.2) is 24.5 Å². The Morgan fingerprint density at radius 2 is 2.10 bits per heavy atom. The van der Waals surface area contributed by atoms with Crippen molar-refractivity contribution in [3.63, 3.8) is 0 Å². The maximum Gasteiger partial charge on any atom is 0.212 e. The van der Waals surface area contributed by atoms with Crippen molar-refractivity contribution in [1.29, 1.82) is 0 Å². The van der Waals surface area contributed by atoms with Gasteiger partial charge in [0.1, 0.15) is 0 Å². The lowest BCUT2D eigenvalue weighted by Crippen LogP contribution is -2.30. The quantitative estimate of drug-likeness (QED) is 0.788. The van der Waals surface area contributed by atoms with Gasteiger partial charge < -0.3 is 5.32 Å². The maximum atomic E-state index is 4.75. The lowest BCUT2D eigenvalue weighted by molar-refractivity contribution is 0.560. The molecule has 1 unspecified atom stereocenters. The van der Waals surface area contributed by atoms with E-state index in [0.717, 1.165) is 23.8 Å². The van der Waals surface area contributed by atoms with Crippen LogP contribution in [0.2, 0.25) is 0 Å². The largest absolute Gasteiger partial charge is 0.305 e. The van der Waals surface area contributed by atoms with Crippen molar-refractivity contribution in [3.8, 4) is 0 Å². The Morgan fingerprint density at radius 3 is 2.90 bits per heavy atom. The van der Waals surface area contributed by atoms with Gasteiger partial charge >= 0.3 is 0 Å². The van der Waals surface area contributed by atoms with E-state index in [9.17, 15) is 0 Å². The zero-order chi connectivity index (χ0) is 13.8. The van der Waals surface area contributed by atoms with E-state index < -0.39 is 0 Å². The summed E-state index contributed by atoms with van der Waals surface area (Å²) >= 11 is 1.78. The molecule has 1 fully saturated rings. The number of nitrogens with one attached hydrogen (secondary N) is 1. The molecule has 0 radical (unpaired) electrons. The van der Waals surface area contributed by atoms with Crippen molar-refractivity contribution in [2.24, 2.45) is 0 Å². The Kier molecular flexibility index (Phi) is 2.45. The molecule has 6 heteroatoms. The van der Waals surface area contributed by atoms with Crippen LogP contribution < -0.4 is 5.32 Å². The molecule has 0 saturated heterocycles. The first kappa shape index (κ1) is 11.8. The fourth-order valence-corrected chi connectivity index (χ4v) is 4.26. The number of thiazole rings is 1. The van der Waals surface area contributed by atoms with Gasteiger partial charge in [-0.15, -0.1) is 0 Å². The molecule has 0 aromatic carbocycles. The molecule has 5 rings (SSSR count). The zero-order valence-corrected chi connectivity index (χ0v) is 12.3. The van der Waals surface area contributed by atoms with Crippen LogP contribution in [0, 0.1) is 0 Å². The minimum atomic E-state index is 0.245. The van der Waals surface area contributed by atoms with E-state index in [4.69, 9.17) is 10.1 Å². The first-order valence-corrected chi connectivity index (χ1v) is 8.23. The third-order valence-electron chi connectivity index (χ3n) is 4.29. The standard InChI is InChI=1S/C15H15N5S/c1-2-10(1)14-18-15-20(19-14)11-5-8-17-12(13(11)21-15)9-3-6-16-7-4-9/h3-4,6-7,10,12,17H,1-2,5,8H2. The highest BCUT2D eigenvalue weighted by atomic mass is 32.1. The van der Waals surface area contributed by atoms with Gasteiger partial charge in [-0.2, -0.15) is 5.10 Å². The normalized spacial score (nSPS) is 21.6. The van der Waals surface area contributed by atoms with Crippen molar-refractivity contribution in [2.75, 3.05) is 6.54 Å². The average Bonchev–Trinajstić information content (AvgIpc) is 3.20. The second kappa shape index (κ2) is 4.35. The fraction of sp³-hybridized carbons (Fsp3) is 0.400. The lowest BCUT2D eigenvalue weighted by atomic mass is 10.0. The summed E-state index contributed by atoms with van der Waals surface area (Å²) in [4.78, 5) is 11.2. The third-order valence-corrected chi connectivity index (χ3v) is 5.43. The summed E-state index contributed by atoms with van der Waals surface area (Å²) in [6.07, 6.45) is 7.23. The Balaban J connectivity index is 1.64. The summed E-state index contributed by atoms with van der Waals surface area (Å²) in [5, 5.41) is 8.36. The summed E-state index contributed by atoms with van der Waals surface area (Å²) in [6.45, 7) is 0.977. The van der Waals surface area contributed by atoms with Gasteiger partial charge in [0.25, 0.3) is 0 Å². The number of fused-ring (bicyclic) bond motifs is 3. The molecule has 0 bridgehead atoms. The highest BCUT2D eigenvalue weighted by Crippen LogP contribution is 2.40. The number of nitrogens with zero attached hydrogens (tertiary/aromatic N) is 4. The Labute approximate surface area is 126 Å². The van der Waals surface area contributed by atoms with E-state index in [1.165, 1.54) is 29.0 Å². The number of rotatable bonds is 2. The van der Waals surface area contributed by atoms with Crippen LogP contribution in [0.5, 0.6) is 0 Å². The van der Waals surface area contributed by atoms with E-state index >= 15 is 0 Å². The molecule has 1 saturated carbocycles. The SMILES string of the molecule is c1cc(C2NCCc3c2sc2nc(C4CC4)nn32)ccn1. The minimum absolute atomic E-state index is 0.245. The number of aromatic nitrogens is 4. The van der Waals surface area contributed by atoms with E-state index in [-0.39, 0.29) is 6.04 Å². The Morgan fingerprint density at radius 1 is 1.24 bits per heavy atom. The molecule has 4 heterocycles. The van der Waals surface area contributed by atoms with Crippen LogP contribution in [0.3, 0.4) is 0 Å². The Hall–Kier alpha value is -1.79. The molecule has 1 N–H and O–H groups in total. The predicted octanol–water partition coefficient (Wildman–Crippen LogP) is 2.30. The van der Waals surface area contributed by atoms with Crippen molar-refractivity contribution < 1.29 is 0 Å². The molecule has 3 aromatic rings. The molecule has 21 heavy (non-hydrogen) atoms. The molecule has 106 valence electrons. The minimum Gasteiger partial charge on any atom is -0.305 e. The molecule has 3 aromatic heterocycles. The summed E-state index contributed by atoms with van der Waals surface area (Å²) in [5.74, 6) is 1.66. The van der Waals surface area contributed by atoms with Gasteiger partial charge in [-0.05, 0) is 30.5 Å². The van der Waals surface area contributed by atoms with Crippen molar-refractivity contribution in [2.45, 2.75) is 31.2 Å². The van der Waals surface area contributed by atoms with Gasteiger partial charge in [-0.25, -0.2) is 9.50 Å². The number of pyridine rings is 1. The highest BCUT2D eigenvalue weighted by molar-refractivity contribution is 7.17. The number of hydrogen-bond donors (Lipinski definition) is 1. The fourth-order valence-electron chi connectivity index (χ4n) is 3.04. The van der Waals surface area contributed by atoms with Crippen molar-refractivity contribution in [3.05, 3.63) is 46.5 Å². The Bertz CT molecular complexity index is 802. The van der Waals surface area contributed by atoms with E-state index in [2.05, 4.69) is 26.9 Å². The van der Waals surface area contributed by atoms with Crippen LogP contribution in [-0.2, 0) is 6.42 Å². The van der Waals surface area contributed by atoms with Crippen molar-refractivity contribution >= 4 is 16.3 Å².